The van der Waals surface area contributed by atoms with Gasteiger partial charge in [0.25, 0.3) is 0 Å². The molecule has 2 fully saturated rings. The van der Waals surface area contributed by atoms with E-state index in [0.29, 0.717) is 22.6 Å². The molecule has 0 radical (unpaired) electrons. The van der Waals surface area contributed by atoms with Gasteiger partial charge >= 0.3 is 12.0 Å². The van der Waals surface area contributed by atoms with Crippen molar-refractivity contribution in [2.45, 2.75) is 62.7 Å². The molecular weight excluding hydrogens is 565 g/mol. The van der Waals surface area contributed by atoms with Crippen LogP contribution in [0.2, 0.25) is 0 Å². The molecule has 3 amide bonds. The zero-order valence-electron chi connectivity index (χ0n) is 24.5. The van der Waals surface area contributed by atoms with E-state index in [2.05, 4.69) is 10.6 Å². The molecule has 6 rings (SSSR count). The molecule has 10 heteroatoms. The number of nitrogens with one attached hydrogen (secondary N) is 2. The Kier molecular flexibility index (Phi) is 8.67. The van der Waals surface area contributed by atoms with Crippen molar-refractivity contribution in [3.05, 3.63) is 95.3 Å². The zero-order chi connectivity index (χ0) is 30.6. The molecule has 2 heterocycles. The van der Waals surface area contributed by atoms with Crippen molar-refractivity contribution >= 4 is 17.9 Å². The number of nitrogens with zero attached hydrogens (tertiary/aromatic N) is 1. The molecule has 2 N–H and O–H groups in total. The highest BCUT2D eigenvalue weighted by molar-refractivity contribution is 5.92. The molecule has 4 atom stereocenters. The van der Waals surface area contributed by atoms with Gasteiger partial charge in [0.15, 0.2) is 11.5 Å². The molecule has 2 aliphatic heterocycles. The van der Waals surface area contributed by atoms with Gasteiger partial charge in [0.05, 0.1) is 19.1 Å². The summed E-state index contributed by atoms with van der Waals surface area (Å²) in [5, 5.41) is 6.14. The lowest BCUT2D eigenvalue weighted by atomic mass is 9.79. The number of methoxy groups -OCH3 is 1. The van der Waals surface area contributed by atoms with Crippen molar-refractivity contribution in [2.75, 3.05) is 13.9 Å². The molecule has 3 aromatic rings. The van der Waals surface area contributed by atoms with Crippen molar-refractivity contribution in [2.24, 2.45) is 5.92 Å². The molecule has 44 heavy (non-hydrogen) atoms. The molecule has 1 saturated heterocycles. The van der Waals surface area contributed by atoms with Crippen molar-refractivity contribution in [1.29, 1.82) is 0 Å². The first-order chi connectivity index (χ1) is 21.4. The standard InChI is InChI=1S/C34H36FN3O6/c1-42-33(40)29-28(22-8-4-2-5-9-22)31(32(39)36-19-21-12-15-24(35)16-13-21)38(34(41)37-25-10-6-3-7-11-25)30(29)23-14-17-26-27(18-23)44-20-43-26/h2,4-5,8-9,12-18,25,28-31H,3,6-7,10-11,19-20H2,1H3,(H,36,39)(H,37,41). The number of urea groups is 1. The smallest absolute Gasteiger partial charge is 0.318 e. The molecule has 3 aliphatic rings. The lowest BCUT2D eigenvalue weighted by Gasteiger charge is -2.34. The first-order valence-corrected chi connectivity index (χ1v) is 15.1. The maximum absolute atomic E-state index is 14.4. The number of likely N-dealkylation sites (tertiary alicyclic amines) is 1. The fraction of sp³-hybridized carbons (Fsp3) is 0.382. The van der Waals surface area contributed by atoms with Crippen LogP contribution in [-0.4, -0.2) is 48.8 Å². The number of rotatable bonds is 7. The summed E-state index contributed by atoms with van der Waals surface area (Å²) in [7, 11) is 1.31. The predicted molar refractivity (Wildman–Crippen MR) is 159 cm³/mol. The first kappa shape index (κ1) is 29.5. The van der Waals surface area contributed by atoms with Gasteiger partial charge in [-0.15, -0.1) is 0 Å². The van der Waals surface area contributed by atoms with E-state index < -0.39 is 41.8 Å². The number of benzene rings is 3. The number of hydrogen-bond donors (Lipinski definition) is 2. The highest BCUT2D eigenvalue weighted by atomic mass is 19.1. The van der Waals surface area contributed by atoms with Gasteiger partial charge in [-0.2, -0.15) is 0 Å². The summed E-state index contributed by atoms with van der Waals surface area (Å²) in [5.41, 5.74) is 2.05. The maximum atomic E-state index is 14.4. The van der Waals surface area contributed by atoms with E-state index in [-0.39, 0.29) is 25.2 Å². The lowest BCUT2D eigenvalue weighted by molar-refractivity contribution is -0.146. The van der Waals surface area contributed by atoms with Gasteiger partial charge in [-0.25, -0.2) is 9.18 Å². The third-order valence-corrected chi connectivity index (χ3v) is 8.88. The molecular formula is C34H36FN3O6. The third kappa shape index (κ3) is 5.93. The Morgan fingerprint density at radius 2 is 1.64 bits per heavy atom. The van der Waals surface area contributed by atoms with E-state index in [0.717, 1.165) is 37.7 Å². The van der Waals surface area contributed by atoms with Crippen LogP contribution >= 0.6 is 0 Å². The van der Waals surface area contributed by atoms with Gasteiger partial charge in [0.2, 0.25) is 12.7 Å². The van der Waals surface area contributed by atoms with Gasteiger partial charge in [0, 0.05) is 18.5 Å². The van der Waals surface area contributed by atoms with Crippen LogP contribution in [0.1, 0.15) is 60.8 Å². The third-order valence-electron chi connectivity index (χ3n) is 8.88. The Bertz CT molecular complexity index is 1490. The molecule has 0 bridgehead atoms. The van der Waals surface area contributed by atoms with E-state index in [9.17, 15) is 18.8 Å². The summed E-state index contributed by atoms with van der Waals surface area (Å²) in [5.74, 6) is -1.93. The summed E-state index contributed by atoms with van der Waals surface area (Å²) >= 11 is 0. The molecule has 1 aliphatic carbocycles. The van der Waals surface area contributed by atoms with Crippen molar-refractivity contribution < 1.29 is 33.0 Å². The quantitative estimate of drug-likeness (QED) is 0.360. The molecule has 230 valence electrons. The maximum Gasteiger partial charge on any atom is 0.318 e. The van der Waals surface area contributed by atoms with E-state index in [1.54, 1.807) is 30.3 Å². The summed E-state index contributed by atoms with van der Waals surface area (Å²) < 4.78 is 30.1. The van der Waals surface area contributed by atoms with Crippen LogP contribution in [0.25, 0.3) is 0 Å². The minimum absolute atomic E-state index is 0.0380. The Balaban J connectivity index is 1.45. The molecule has 9 nitrogen and oxygen atoms in total. The summed E-state index contributed by atoms with van der Waals surface area (Å²) in [6.07, 6.45) is 4.83. The van der Waals surface area contributed by atoms with Gasteiger partial charge in [-0.1, -0.05) is 67.8 Å². The van der Waals surface area contributed by atoms with Gasteiger partial charge in [-0.3, -0.25) is 9.59 Å². The van der Waals surface area contributed by atoms with Crippen molar-refractivity contribution in [1.82, 2.24) is 15.5 Å². The van der Waals surface area contributed by atoms with Crippen LogP contribution in [0.4, 0.5) is 9.18 Å². The topological polar surface area (TPSA) is 106 Å². The van der Waals surface area contributed by atoms with Gasteiger partial charge in [0.1, 0.15) is 11.9 Å². The predicted octanol–water partition coefficient (Wildman–Crippen LogP) is 5.21. The Morgan fingerprint density at radius 1 is 0.909 bits per heavy atom. The number of ether oxygens (including phenoxy) is 3. The zero-order valence-corrected chi connectivity index (χ0v) is 24.5. The second-order valence-electron chi connectivity index (χ2n) is 11.5. The monoisotopic (exact) mass is 601 g/mol. The normalized spacial score (nSPS) is 22.8. The number of halogens is 1. The molecule has 3 aromatic carbocycles. The number of hydrogen-bond acceptors (Lipinski definition) is 6. The highest BCUT2D eigenvalue weighted by Crippen LogP contribution is 2.51. The summed E-state index contributed by atoms with van der Waals surface area (Å²) in [6.45, 7) is 0.184. The minimum atomic E-state index is -1.07. The van der Waals surface area contributed by atoms with Crippen LogP contribution in [-0.2, 0) is 20.9 Å². The van der Waals surface area contributed by atoms with Crippen LogP contribution in [0.5, 0.6) is 11.5 Å². The Morgan fingerprint density at radius 3 is 2.36 bits per heavy atom. The van der Waals surface area contributed by atoms with E-state index in [4.69, 9.17) is 14.2 Å². The highest BCUT2D eigenvalue weighted by Gasteiger charge is 2.58. The largest absolute Gasteiger partial charge is 0.469 e. The van der Waals surface area contributed by atoms with Crippen molar-refractivity contribution in [3.8, 4) is 11.5 Å². The first-order valence-electron chi connectivity index (χ1n) is 15.1. The number of esters is 1. The number of carbonyl (C=O) groups excluding carboxylic acids is 3. The molecule has 4 unspecified atom stereocenters. The average Bonchev–Trinajstić information content (AvgIpc) is 3.67. The second kappa shape index (κ2) is 13.0. The molecule has 0 aromatic heterocycles. The number of fused-ring (bicyclic) bond motifs is 1. The van der Waals surface area contributed by atoms with Crippen molar-refractivity contribution in [3.63, 3.8) is 0 Å². The fourth-order valence-corrected chi connectivity index (χ4v) is 6.79. The Labute approximate surface area is 255 Å². The SMILES string of the molecule is COC(=O)C1C(c2ccccc2)C(C(=O)NCc2ccc(F)cc2)N(C(=O)NC2CCCCC2)C1c1ccc2c(c1)OCO2. The lowest BCUT2D eigenvalue weighted by Crippen LogP contribution is -2.53. The summed E-state index contributed by atoms with van der Waals surface area (Å²) in [4.78, 5) is 43.9. The minimum Gasteiger partial charge on any atom is -0.469 e. The van der Waals surface area contributed by atoms with Crippen LogP contribution in [0.3, 0.4) is 0 Å². The van der Waals surface area contributed by atoms with Crippen LogP contribution < -0.4 is 20.1 Å². The Hall–Kier alpha value is -4.60. The second-order valence-corrected chi connectivity index (χ2v) is 11.5. The van der Waals surface area contributed by atoms with E-state index in [1.807, 2.05) is 30.3 Å². The number of amides is 3. The summed E-state index contributed by atoms with van der Waals surface area (Å²) in [6, 6.07) is 18.1. The molecule has 1 saturated carbocycles. The fourth-order valence-electron chi connectivity index (χ4n) is 6.79. The van der Waals surface area contributed by atoms with Crippen LogP contribution in [0.15, 0.2) is 72.8 Å². The number of carbonyl (C=O) groups is 3. The molecule has 0 spiro atoms. The van der Waals surface area contributed by atoms with E-state index in [1.165, 1.54) is 24.1 Å². The average molecular weight is 602 g/mol. The van der Waals surface area contributed by atoms with E-state index >= 15 is 0 Å². The van der Waals surface area contributed by atoms with Gasteiger partial charge in [-0.05, 0) is 53.8 Å². The van der Waals surface area contributed by atoms with Gasteiger partial charge < -0.3 is 29.7 Å². The van der Waals surface area contributed by atoms with Crippen LogP contribution in [0, 0.1) is 11.7 Å².